The quantitative estimate of drug-likeness (QED) is 0.579. The minimum Gasteiger partial charge on any atom is -0.327 e. The van der Waals surface area contributed by atoms with Crippen molar-refractivity contribution >= 4 is 17.5 Å². The highest BCUT2D eigenvalue weighted by Crippen LogP contribution is 2.38. The molecule has 0 N–H and O–H groups in total. The zero-order chi connectivity index (χ0) is 19.0. The minimum atomic E-state index is -1.03. The Morgan fingerprint density at radius 2 is 1.63 bits per heavy atom. The van der Waals surface area contributed by atoms with Gasteiger partial charge in [-0.25, -0.2) is 8.78 Å². The van der Waals surface area contributed by atoms with E-state index in [1.807, 2.05) is 42.5 Å². The lowest BCUT2D eigenvalue weighted by molar-refractivity contribution is 0.0694. The van der Waals surface area contributed by atoms with Crippen LogP contribution < -0.4 is 0 Å². The molecule has 3 aromatic rings. The van der Waals surface area contributed by atoms with Crippen molar-refractivity contribution < 1.29 is 13.6 Å². The van der Waals surface area contributed by atoms with Gasteiger partial charge < -0.3 is 4.90 Å². The fraction of sp³-hybridized carbons (Fsp3) is 0.136. The lowest BCUT2D eigenvalue weighted by atomic mass is 9.87. The maximum atomic E-state index is 13.7. The van der Waals surface area contributed by atoms with Gasteiger partial charge in [-0.05, 0) is 47.4 Å². The summed E-state index contributed by atoms with van der Waals surface area (Å²) in [5, 5.41) is 0.558. The second-order valence-electron chi connectivity index (χ2n) is 6.50. The van der Waals surface area contributed by atoms with Crippen LogP contribution in [0.15, 0.2) is 66.7 Å². The van der Waals surface area contributed by atoms with E-state index in [1.54, 1.807) is 11.0 Å². The maximum absolute atomic E-state index is 13.7. The minimum absolute atomic E-state index is 0.116. The average molecular weight is 384 g/mol. The molecule has 0 aliphatic carbocycles. The van der Waals surface area contributed by atoms with Crippen molar-refractivity contribution in [3.8, 4) is 0 Å². The average Bonchev–Trinajstić information content (AvgIpc) is 2.69. The molecular formula is C22H16ClF2NO. The highest BCUT2D eigenvalue weighted by Gasteiger charge is 2.33. The molecule has 1 unspecified atom stereocenters. The highest BCUT2D eigenvalue weighted by molar-refractivity contribution is 6.31. The van der Waals surface area contributed by atoms with Crippen molar-refractivity contribution in [1.82, 2.24) is 4.90 Å². The number of halogens is 3. The summed E-state index contributed by atoms with van der Waals surface area (Å²) >= 11 is 6.44. The SMILES string of the molecule is O=C(c1ccc(F)c(F)c1)N1CCc2ccccc2C1c1ccccc1Cl. The van der Waals surface area contributed by atoms with Crippen molar-refractivity contribution in [3.05, 3.63) is 106 Å². The summed E-state index contributed by atoms with van der Waals surface area (Å²) in [6.45, 7) is 0.463. The molecule has 0 fully saturated rings. The summed E-state index contributed by atoms with van der Waals surface area (Å²) in [7, 11) is 0. The molecule has 5 heteroatoms. The Kier molecular flexibility index (Phi) is 4.66. The van der Waals surface area contributed by atoms with Crippen LogP contribution in [0.4, 0.5) is 8.78 Å². The predicted molar refractivity (Wildman–Crippen MR) is 101 cm³/mol. The number of hydrogen-bond donors (Lipinski definition) is 0. The topological polar surface area (TPSA) is 20.3 Å². The molecule has 1 atom stereocenters. The summed E-state index contributed by atoms with van der Waals surface area (Å²) in [4.78, 5) is 14.8. The van der Waals surface area contributed by atoms with Crippen LogP contribution in [0.2, 0.25) is 5.02 Å². The Labute approximate surface area is 161 Å². The van der Waals surface area contributed by atoms with Gasteiger partial charge in [-0.1, -0.05) is 54.1 Å². The monoisotopic (exact) mass is 383 g/mol. The third-order valence-corrected chi connectivity index (χ3v) is 5.25. The first-order valence-electron chi connectivity index (χ1n) is 8.64. The molecule has 0 saturated carbocycles. The summed E-state index contributed by atoms with van der Waals surface area (Å²) in [5.74, 6) is -2.36. The Morgan fingerprint density at radius 3 is 2.37 bits per heavy atom. The number of fused-ring (bicyclic) bond motifs is 1. The van der Waals surface area contributed by atoms with Gasteiger partial charge in [0.2, 0.25) is 0 Å². The standard InChI is InChI=1S/C22H16ClF2NO/c23-18-8-4-3-7-17(18)21-16-6-2-1-5-14(16)11-12-26(21)22(27)15-9-10-19(24)20(25)13-15/h1-10,13,21H,11-12H2. The Hall–Kier alpha value is -2.72. The Bertz CT molecular complexity index is 1020. The van der Waals surface area contributed by atoms with Gasteiger partial charge in [0.05, 0.1) is 6.04 Å². The Balaban J connectivity index is 1.82. The van der Waals surface area contributed by atoms with Crippen molar-refractivity contribution in [3.63, 3.8) is 0 Å². The van der Waals surface area contributed by atoms with Gasteiger partial charge in [0.1, 0.15) is 0 Å². The molecular weight excluding hydrogens is 368 g/mol. The second kappa shape index (κ2) is 7.12. The number of rotatable bonds is 2. The van der Waals surface area contributed by atoms with E-state index in [-0.39, 0.29) is 17.5 Å². The van der Waals surface area contributed by atoms with Gasteiger partial charge in [0.15, 0.2) is 11.6 Å². The lowest BCUT2D eigenvalue weighted by Crippen LogP contribution is -2.40. The lowest BCUT2D eigenvalue weighted by Gasteiger charge is -2.38. The van der Waals surface area contributed by atoms with Gasteiger partial charge >= 0.3 is 0 Å². The van der Waals surface area contributed by atoms with Crippen LogP contribution in [0.5, 0.6) is 0 Å². The van der Waals surface area contributed by atoms with Crippen molar-refractivity contribution in [1.29, 1.82) is 0 Å². The molecule has 2 nitrogen and oxygen atoms in total. The molecule has 3 aromatic carbocycles. The van der Waals surface area contributed by atoms with E-state index in [4.69, 9.17) is 11.6 Å². The molecule has 1 amide bonds. The van der Waals surface area contributed by atoms with Gasteiger partial charge in [0.25, 0.3) is 5.91 Å². The molecule has 1 aliphatic rings. The number of nitrogens with zero attached hydrogens (tertiary/aromatic N) is 1. The van der Waals surface area contributed by atoms with Gasteiger partial charge in [-0.15, -0.1) is 0 Å². The molecule has 0 spiro atoms. The van der Waals surface area contributed by atoms with E-state index in [0.29, 0.717) is 18.0 Å². The van der Waals surface area contributed by atoms with Crippen molar-refractivity contribution in [2.75, 3.05) is 6.54 Å². The third kappa shape index (κ3) is 3.21. The summed E-state index contributed by atoms with van der Waals surface area (Å²) < 4.78 is 26.9. The first-order chi connectivity index (χ1) is 13.1. The molecule has 136 valence electrons. The van der Waals surface area contributed by atoms with E-state index in [0.717, 1.165) is 28.8 Å². The third-order valence-electron chi connectivity index (χ3n) is 4.91. The zero-order valence-corrected chi connectivity index (χ0v) is 15.1. The molecule has 27 heavy (non-hydrogen) atoms. The zero-order valence-electron chi connectivity index (χ0n) is 14.3. The van der Waals surface area contributed by atoms with Crippen LogP contribution in [0.25, 0.3) is 0 Å². The summed E-state index contributed by atoms with van der Waals surface area (Å²) in [6.07, 6.45) is 0.687. The number of benzene rings is 3. The fourth-order valence-electron chi connectivity index (χ4n) is 3.61. The van der Waals surface area contributed by atoms with E-state index >= 15 is 0 Å². The highest BCUT2D eigenvalue weighted by atomic mass is 35.5. The first-order valence-corrected chi connectivity index (χ1v) is 9.02. The van der Waals surface area contributed by atoms with Crippen LogP contribution in [-0.2, 0) is 6.42 Å². The van der Waals surface area contributed by atoms with E-state index in [1.165, 1.54) is 6.07 Å². The smallest absolute Gasteiger partial charge is 0.254 e. The van der Waals surface area contributed by atoms with Gasteiger partial charge in [-0.2, -0.15) is 0 Å². The molecule has 4 rings (SSSR count). The summed E-state index contributed by atoms with van der Waals surface area (Å²) in [6, 6.07) is 18.1. The van der Waals surface area contributed by atoms with E-state index in [9.17, 15) is 13.6 Å². The first kappa shape index (κ1) is 17.7. The number of carbonyl (C=O) groups excluding carboxylic acids is 1. The number of hydrogen-bond acceptors (Lipinski definition) is 1. The molecule has 0 bridgehead atoms. The van der Waals surface area contributed by atoms with Gasteiger partial charge in [-0.3, -0.25) is 4.79 Å². The van der Waals surface area contributed by atoms with Gasteiger partial charge in [0, 0.05) is 17.1 Å². The largest absolute Gasteiger partial charge is 0.327 e. The molecule has 0 radical (unpaired) electrons. The maximum Gasteiger partial charge on any atom is 0.254 e. The van der Waals surface area contributed by atoms with Crippen LogP contribution in [0.3, 0.4) is 0 Å². The Morgan fingerprint density at radius 1 is 0.926 bits per heavy atom. The number of amides is 1. The van der Waals surface area contributed by atoms with Crippen molar-refractivity contribution in [2.45, 2.75) is 12.5 Å². The second-order valence-corrected chi connectivity index (χ2v) is 6.91. The van der Waals surface area contributed by atoms with Crippen LogP contribution in [-0.4, -0.2) is 17.4 Å². The van der Waals surface area contributed by atoms with Crippen LogP contribution in [0.1, 0.15) is 33.1 Å². The number of carbonyl (C=O) groups is 1. The molecule has 1 aliphatic heterocycles. The van der Waals surface area contributed by atoms with Crippen LogP contribution in [0, 0.1) is 11.6 Å². The van der Waals surface area contributed by atoms with E-state index < -0.39 is 11.6 Å². The molecule has 0 saturated heterocycles. The van der Waals surface area contributed by atoms with Crippen LogP contribution >= 0.6 is 11.6 Å². The predicted octanol–water partition coefficient (Wildman–Crippen LogP) is 5.41. The van der Waals surface area contributed by atoms with Crippen molar-refractivity contribution in [2.24, 2.45) is 0 Å². The normalized spacial score (nSPS) is 16.1. The van der Waals surface area contributed by atoms with E-state index in [2.05, 4.69) is 0 Å². The molecule has 1 heterocycles. The summed E-state index contributed by atoms with van der Waals surface area (Å²) in [5.41, 5.74) is 3.07. The molecule has 0 aromatic heterocycles. The fourth-order valence-corrected chi connectivity index (χ4v) is 3.85.